The summed E-state index contributed by atoms with van der Waals surface area (Å²) in [5.74, 6) is 0.748. The van der Waals surface area contributed by atoms with Crippen molar-refractivity contribution >= 4 is 21.8 Å². The number of rotatable bonds is 4. The van der Waals surface area contributed by atoms with E-state index >= 15 is 0 Å². The van der Waals surface area contributed by atoms with Crippen molar-refractivity contribution in [3.63, 3.8) is 0 Å². The number of halogens is 1. The molecule has 1 aliphatic heterocycles. The minimum absolute atomic E-state index is 0.131. The van der Waals surface area contributed by atoms with Gasteiger partial charge in [0.05, 0.1) is 0 Å². The Morgan fingerprint density at radius 3 is 2.65 bits per heavy atom. The molecule has 4 nitrogen and oxygen atoms in total. The third kappa shape index (κ3) is 3.64. The third-order valence-electron chi connectivity index (χ3n) is 3.99. The summed E-state index contributed by atoms with van der Waals surface area (Å²) in [4.78, 5) is 14.8. The highest BCUT2D eigenvalue weighted by molar-refractivity contribution is 9.10. The number of aromatic nitrogens is 1. The van der Waals surface area contributed by atoms with Crippen LogP contribution < -0.4 is 5.32 Å². The van der Waals surface area contributed by atoms with E-state index in [1.807, 2.05) is 28.8 Å². The first-order chi connectivity index (χ1) is 9.49. The maximum absolute atomic E-state index is 12.8. The fourth-order valence-electron chi connectivity index (χ4n) is 2.75. The Morgan fingerprint density at radius 1 is 1.50 bits per heavy atom. The molecule has 0 aliphatic carbocycles. The molecule has 0 atom stereocenters. The number of hydrogen-bond donors (Lipinski definition) is 1. The lowest BCUT2D eigenvalue weighted by molar-refractivity contribution is 0.0648. The van der Waals surface area contributed by atoms with E-state index in [-0.39, 0.29) is 11.9 Å². The van der Waals surface area contributed by atoms with Crippen LogP contribution >= 0.6 is 15.9 Å². The van der Waals surface area contributed by atoms with E-state index in [1.54, 1.807) is 0 Å². The molecule has 1 amide bonds. The van der Waals surface area contributed by atoms with Crippen LogP contribution in [0.1, 0.15) is 37.2 Å². The Bertz CT molecular complexity index is 464. The zero-order chi connectivity index (χ0) is 14.7. The predicted molar refractivity (Wildman–Crippen MR) is 84.9 cm³/mol. The summed E-state index contributed by atoms with van der Waals surface area (Å²) in [6.07, 6.45) is 4.25. The van der Waals surface area contributed by atoms with Crippen LogP contribution in [0.2, 0.25) is 0 Å². The van der Waals surface area contributed by atoms with E-state index < -0.39 is 0 Å². The van der Waals surface area contributed by atoms with E-state index in [2.05, 4.69) is 35.1 Å². The van der Waals surface area contributed by atoms with Crippen molar-refractivity contribution in [2.24, 2.45) is 13.0 Å². The van der Waals surface area contributed by atoms with Crippen molar-refractivity contribution in [1.29, 1.82) is 0 Å². The molecular formula is C15H24BrN3O. The first kappa shape index (κ1) is 15.6. The van der Waals surface area contributed by atoms with Crippen LogP contribution in [0.4, 0.5) is 0 Å². The van der Waals surface area contributed by atoms with Gasteiger partial charge >= 0.3 is 0 Å². The molecule has 2 heterocycles. The monoisotopic (exact) mass is 341 g/mol. The van der Waals surface area contributed by atoms with E-state index in [4.69, 9.17) is 0 Å². The first-order valence-electron chi connectivity index (χ1n) is 7.32. The molecule has 0 bridgehead atoms. The van der Waals surface area contributed by atoms with Crippen molar-refractivity contribution < 1.29 is 4.79 Å². The second kappa shape index (κ2) is 6.76. The molecule has 0 radical (unpaired) electrons. The summed E-state index contributed by atoms with van der Waals surface area (Å²) >= 11 is 3.44. The van der Waals surface area contributed by atoms with Gasteiger partial charge in [-0.3, -0.25) is 4.79 Å². The van der Waals surface area contributed by atoms with Crippen molar-refractivity contribution in [1.82, 2.24) is 14.8 Å². The quantitative estimate of drug-likeness (QED) is 0.913. The molecule has 1 aromatic heterocycles. The van der Waals surface area contributed by atoms with Crippen molar-refractivity contribution in [3.05, 3.63) is 22.4 Å². The Morgan fingerprint density at radius 2 is 2.15 bits per heavy atom. The normalized spacial score (nSPS) is 16.6. The average Bonchev–Trinajstić information content (AvgIpc) is 2.75. The van der Waals surface area contributed by atoms with Gasteiger partial charge in [-0.1, -0.05) is 0 Å². The van der Waals surface area contributed by atoms with Crippen LogP contribution in [0.3, 0.4) is 0 Å². The highest BCUT2D eigenvalue weighted by Crippen LogP contribution is 2.20. The summed E-state index contributed by atoms with van der Waals surface area (Å²) in [5, 5.41) is 3.38. The van der Waals surface area contributed by atoms with E-state index in [1.165, 1.54) is 0 Å². The number of nitrogens with zero attached hydrogens (tertiary/aromatic N) is 2. The van der Waals surface area contributed by atoms with Gasteiger partial charge in [0.25, 0.3) is 5.91 Å². The number of hydrogen-bond acceptors (Lipinski definition) is 2. The summed E-state index contributed by atoms with van der Waals surface area (Å²) in [5.41, 5.74) is 0.750. The van der Waals surface area contributed by atoms with Gasteiger partial charge in [0.2, 0.25) is 0 Å². The molecule has 0 aromatic carbocycles. The van der Waals surface area contributed by atoms with Gasteiger partial charge in [-0.25, -0.2) is 0 Å². The average molecular weight is 342 g/mol. The predicted octanol–water partition coefficient (Wildman–Crippen LogP) is 2.64. The second-order valence-corrected chi connectivity index (χ2v) is 6.81. The van der Waals surface area contributed by atoms with Gasteiger partial charge in [0, 0.05) is 30.3 Å². The molecule has 2 rings (SSSR count). The molecule has 1 saturated heterocycles. The number of nitrogens with one attached hydrogen (secondary N) is 1. The van der Waals surface area contributed by atoms with Gasteiger partial charge in [0.1, 0.15) is 5.69 Å². The summed E-state index contributed by atoms with van der Waals surface area (Å²) in [6, 6.07) is 2.13. The van der Waals surface area contributed by atoms with Gasteiger partial charge in [-0.05, 0) is 67.7 Å². The molecular weight excluding hydrogens is 318 g/mol. The number of piperidine rings is 1. The molecule has 112 valence electrons. The van der Waals surface area contributed by atoms with Crippen molar-refractivity contribution in [3.8, 4) is 0 Å². The summed E-state index contributed by atoms with van der Waals surface area (Å²) in [7, 11) is 1.92. The Kier molecular flexibility index (Phi) is 5.27. The second-order valence-electron chi connectivity index (χ2n) is 5.90. The fraction of sp³-hybridized carbons (Fsp3) is 0.667. The smallest absolute Gasteiger partial charge is 0.270 e. The SMILES string of the molecule is CC(C)N(CC1CCNCC1)C(=O)c1cc(Br)cn1C. The lowest BCUT2D eigenvalue weighted by Gasteiger charge is -2.33. The van der Waals surface area contributed by atoms with Gasteiger partial charge in [-0.2, -0.15) is 0 Å². The highest BCUT2D eigenvalue weighted by atomic mass is 79.9. The van der Waals surface area contributed by atoms with Gasteiger partial charge in [0.15, 0.2) is 0 Å². The Hall–Kier alpha value is -0.810. The van der Waals surface area contributed by atoms with Crippen LogP contribution in [-0.2, 0) is 7.05 Å². The van der Waals surface area contributed by atoms with Crippen LogP contribution in [-0.4, -0.2) is 41.1 Å². The standard InChI is InChI=1S/C15H24BrN3O/c1-11(2)19(9-12-4-6-17-7-5-12)15(20)14-8-13(16)10-18(14)3/h8,10-12,17H,4-7,9H2,1-3H3. The lowest BCUT2D eigenvalue weighted by atomic mass is 9.97. The molecule has 1 N–H and O–H groups in total. The zero-order valence-electron chi connectivity index (χ0n) is 12.5. The lowest BCUT2D eigenvalue weighted by Crippen LogP contribution is -2.43. The molecule has 1 aromatic rings. The number of carbonyl (C=O) groups excluding carboxylic acids is 1. The largest absolute Gasteiger partial charge is 0.345 e. The summed E-state index contributed by atoms with van der Waals surface area (Å²) < 4.78 is 2.85. The molecule has 0 spiro atoms. The maximum atomic E-state index is 12.8. The highest BCUT2D eigenvalue weighted by Gasteiger charge is 2.25. The van der Waals surface area contributed by atoms with Crippen molar-refractivity contribution in [2.45, 2.75) is 32.7 Å². The zero-order valence-corrected chi connectivity index (χ0v) is 14.1. The fourth-order valence-corrected chi connectivity index (χ4v) is 3.28. The van der Waals surface area contributed by atoms with E-state index in [0.717, 1.165) is 42.6 Å². The minimum atomic E-state index is 0.131. The van der Waals surface area contributed by atoms with E-state index in [9.17, 15) is 4.79 Å². The minimum Gasteiger partial charge on any atom is -0.345 e. The van der Waals surface area contributed by atoms with E-state index in [0.29, 0.717) is 5.92 Å². The number of carbonyl (C=O) groups is 1. The van der Waals surface area contributed by atoms with Gasteiger partial charge < -0.3 is 14.8 Å². The first-order valence-corrected chi connectivity index (χ1v) is 8.12. The maximum Gasteiger partial charge on any atom is 0.270 e. The molecule has 20 heavy (non-hydrogen) atoms. The van der Waals surface area contributed by atoms with Crippen molar-refractivity contribution in [2.75, 3.05) is 19.6 Å². The third-order valence-corrected chi connectivity index (χ3v) is 4.42. The molecule has 5 heteroatoms. The molecule has 1 aliphatic rings. The Labute approximate surface area is 129 Å². The van der Waals surface area contributed by atoms with Gasteiger partial charge in [-0.15, -0.1) is 0 Å². The molecule has 0 unspecified atom stereocenters. The topological polar surface area (TPSA) is 37.3 Å². The summed E-state index contributed by atoms with van der Waals surface area (Å²) in [6.45, 7) is 7.19. The van der Waals surface area contributed by atoms with Crippen LogP contribution in [0.25, 0.3) is 0 Å². The Balaban J connectivity index is 2.11. The molecule has 1 fully saturated rings. The molecule has 0 saturated carbocycles. The number of aryl methyl sites for hydroxylation is 1. The van der Waals surface area contributed by atoms with Crippen LogP contribution in [0.15, 0.2) is 16.7 Å². The van der Waals surface area contributed by atoms with Crippen LogP contribution in [0.5, 0.6) is 0 Å². The van der Waals surface area contributed by atoms with Crippen LogP contribution in [0, 0.1) is 5.92 Å². The number of amides is 1.